The first-order valence-electron chi connectivity index (χ1n) is 12.5. The van der Waals surface area contributed by atoms with Gasteiger partial charge in [-0.25, -0.2) is 4.68 Å². The van der Waals surface area contributed by atoms with Gasteiger partial charge in [-0.2, -0.15) is 4.98 Å². The van der Waals surface area contributed by atoms with Gasteiger partial charge in [-0.3, -0.25) is 4.79 Å². The number of nitrogens with one attached hydrogen (secondary N) is 2. The number of halogens is 1. The molecule has 1 aromatic heterocycles. The number of fused-ring (bicyclic) bond motifs is 1. The Morgan fingerprint density at radius 3 is 2.56 bits per heavy atom. The maximum Gasteiger partial charge on any atom is 0.255 e. The lowest BCUT2D eigenvalue weighted by Gasteiger charge is -2.29. The van der Waals surface area contributed by atoms with Crippen molar-refractivity contribution < 1.29 is 14.3 Å². The fraction of sp³-hybridized carbons (Fsp3) is 0.207. The molecule has 1 amide bonds. The average molecular weight is 562 g/mol. The maximum absolute atomic E-state index is 13.9. The summed E-state index contributed by atoms with van der Waals surface area (Å²) in [6, 6.07) is 22.1. The van der Waals surface area contributed by atoms with Gasteiger partial charge in [0.25, 0.3) is 5.91 Å². The summed E-state index contributed by atoms with van der Waals surface area (Å²) in [7, 11) is 1.61. The van der Waals surface area contributed by atoms with E-state index in [1.54, 1.807) is 11.8 Å². The number of benzene rings is 3. The van der Waals surface area contributed by atoms with Crippen molar-refractivity contribution in [3.05, 3.63) is 100 Å². The lowest BCUT2D eigenvalue weighted by atomic mass is 9.94. The van der Waals surface area contributed by atoms with Crippen LogP contribution in [0.25, 0.3) is 0 Å². The zero-order chi connectivity index (χ0) is 27.4. The number of thioether (sulfide) groups is 1. The van der Waals surface area contributed by atoms with Crippen molar-refractivity contribution in [3.63, 3.8) is 0 Å². The molecule has 0 radical (unpaired) electrons. The Kier molecular flexibility index (Phi) is 8.09. The minimum absolute atomic E-state index is 0.283. The first-order chi connectivity index (χ1) is 19.0. The van der Waals surface area contributed by atoms with Gasteiger partial charge in [-0.05, 0) is 43.7 Å². The van der Waals surface area contributed by atoms with Gasteiger partial charge in [0.05, 0.1) is 25.0 Å². The fourth-order valence-corrected chi connectivity index (χ4v) is 5.58. The van der Waals surface area contributed by atoms with Gasteiger partial charge in [0.1, 0.15) is 17.5 Å². The van der Waals surface area contributed by atoms with Crippen LogP contribution < -0.4 is 20.1 Å². The number of rotatable bonds is 9. The highest BCUT2D eigenvalue weighted by Crippen LogP contribution is 2.40. The minimum atomic E-state index is -0.584. The molecule has 39 heavy (non-hydrogen) atoms. The molecule has 0 saturated heterocycles. The molecule has 1 aliphatic rings. The molecular formula is C29H28ClN5O3S. The van der Waals surface area contributed by atoms with Crippen molar-refractivity contribution in [2.24, 2.45) is 0 Å². The molecule has 1 aliphatic heterocycles. The van der Waals surface area contributed by atoms with Crippen molar-refractivity contribution in [2.45, 2.75) is 30.8 Å². The average Bonchev–Trinajstić information content (AvgIpc) is 3.35. The van der Waals surface area contributed by atoms with E-state index >= 15 is 0 Å². The highest BCUT2D eigenvalue weighted by atomic mass is 35.5. The molecule has 0 bridgehead atoms. The number of hydrogen-bond acceptors (Lipinski definition) is 7. The van der Waals surface area contributed by atoms with Crippen molar-refractivity contribution >= 4 is 40.9 Å². The Morgan fingerprint density at radius 1 is 1.08 bits per heavy atom. The number of carbonyl (C=O) groups excluding carboxylic acids is 1. The summed E-state index contributed by atoms with van der Waals surface area (Å²) in [6.45, 7) is 4.25. The van der Waals surface area contributed by atoms with Gasteiger partial charge in [-0.15, -0.1) is 5.10 Å². The zero-order valence-corrected chi connectivity index (χ0v) is 23.3. The number of methoxy groups -OCH3 is 1. The first-order valence-corrected chi connectivity index (χ1v) is 13.8. The molecule has 1 unspecified atom stereocenters. The third-order valence-corrected chi connectivity index (χ3v) is 7.52. The predicted octanol–water partition coefficient (Wildman–Crippen LogP) is 6.56. The van der Waals surface area contributed by atoms with Gasteiger partial charge >= 0.3 is 0 Å². The zero-order valence-electron chi connectivity index (χ0n) is 21.8. The molecule has 200 valence electrons. The lowest BCUT2D eigenvalue weighted by Crippen LogP contribution is -2.31. The highest BCUT2D eigenvalue weighted by Gasteiger charge is 2.36. The van der Waals surface area contributed by atoms with E-state index in [-0.39, 0.29) is 5.91 Å². The van der Waals surface area contributed by atoms with E-state index in [4.69, 9.17) is 31.2 Å². The molecule has 8 nitrogen and oxygen atoms in total. The maximum atomic E-state index is 13.9. The second-order valence-corrected chi connectivity index (χ2v) is 10.1. The summed E-state index contributed by atoms with van der Waals surface area (Å²) in [6.07, 6.45) is 0. The summed E-state index contributed by atoms with van der Waals surface area (Å²) in [4.78, 5) is 18.6. The van der Waals surface area contributed by atoms with E-state index in [0.29, 0.717) is 56.9 Å². The molecule has 2 heterocycles. The number of carbonyl (C=O) groups is 1. The van der Waals surface area contributed by atoms with Crippen molar-refractivity contribution in [2.75, 3.05) is 24.4 Å². The predicted molar refractivity (Wildman–Crippen MR) is 155 cm³/mol. The third kappa shape index (κ3) is 5.60. The monoisotopic (exact) mass is 561 g/mol. The Balaban J connectivity index is 1.52. The first kappa shape index (κ1) is 26.6. The molecular weight excluding hydrogens is 534 g/mol. The largest absolute Gasteiger partial charge is 0.496 e. The van der Waals surface area contributed by atoms with Crippen LogP contribution in [-0.4, -0.2) is 34.4 Å². The normalized spacial score (nSPS) is 14.4. The Bertz CT molecular complexity index is 1540. The number of ether oxygens (including phenoxy) is 2. The van der Waals surface area contributed by atoms with Crippen LogP contribution in [0.1, 0.15) is 31.0 Å². The van der Waals surface area contributed by atoms with Crippen molar-refractivity contribution in [1.29, 1.82) is 0 Å². The second-order valence-electron chi connectivity index (χ2n) is 8.73. The Labute approximate surface area is 236 Å². The van der Waals surface area contributed by atoms with Gasteiger partial charge in [0, 0.05) is 22.0 Å². The fourth-order valence-electron chi connectivity index (χ4n) is 4.47. The number of hydrogen-bond donors (Lipinski definition) is 2. The Morgan fingerprint density at radius 2 is 1.79 bits per heavy atom. The molecule has 0 saturated carbocycles. The second kappa shape index (κ2) is 11.8. The van der Waals surface area contributed by atoms with Gasteiger partial charge in [-0.1, -0.05) is 71.9 Å². The molecule has 0 aliphatic carbocycles. The quantitative estimate of drug-likeness (QED) is 0.224. The summed E-state index contributed by atoms with van der Waals surface area (Å²) >= 11 is 7.83. The Hall–Kier alpha value is -3.95. The van der Waals surface area contributed by atoms with E-state index in [1.165, 1.54) is 11.8 Å². The van der Waals surface area contributed by atoms with Gasteiger partial charge in [0.2, 0.25) is 11.1 Å². The van der Waals surface area contributed by atoms with Crippen LogP contribution in [0.15, 0.2) is 89.2 Å². The highest BCUT2D eigenvalue weighted by molar-refractivity contribution is 7.98. The van der Waals surface area contributed by atoms with Crippen LogP contribution in [0.5, 0.6) is 11.5 Å². The van der Waals surface area contributed by atoms with Crippen LogP contribution >= 0.6 is 23.4 Å². The number of anilines is 2. The standard InChI is InChI=1S/C29H28ClN5O3S/c1-4-38-24-16-10-8-14-22(24)32-27(36)25-18(2)31-28-33-29(39-17-19-11-5-7-13-21(19)30)34-35(28)26(25)20-12-6-9-15-23(20)37-3/h5-16,26H,4,17H2,1-3H3,(H,32,36)(H,31,33,34). The van der Waals surface area contributed by atoms with Crippen LogP contribution in [0.2, 0.25) is 5.02 Å². The topological polar surface area (TPSA) is 90.3 Å². The smallest absolute Gasteiger partial charge is 0.255 e. The van der Waals surface area contributed by atoms with Crippen LogP contribution in [0.3, 0.4) is 0 Å². The molecule has 0 fully saturated rings. The van der Waals surface area contributed by atoms with E-state index in [1.807, 2.05) is 86.6 Å². The third-order valence-electron chi connectivity index (χ3n) is 6.26. The van der Waals surface area contributed by atoms with E-state index < -0.39 is 6.04 Å². The number of amides is 1. The minimum Gasteiger partial charge on any atom is -0.496 e. The SMILES string of the molecule is CCOc1ccccc1NC(=O)C1=C(C)Nc2nc(SCc3ccccc3Cl)nn2C1c1ccccc1OC. The summed E-state index contributed by atoms with van der Waals surface area (Å²) in [5.41, 5.74) is 3.53. The molecule has 4 aromatic rings. The van der Waals surface area contributed by atoms with E-state index in [2.05, 4.69) is 10.6 Å². The van der Waals surface area contributed by atoms with Crippen molar-refractivity contribution in [3.8, 4) is 11.5 Å². The summed E-state index contributed by atoms with van der Waals surface area (Å²) in [5.74, 6) is 2.11. The van der Waals surface area contributed by atoms with E-state index in [0.717, 1.165) is 11.1 Å². The summed E-state index contributed by atoms with van der Waals surface area (Å²) < 4.78 is 13.2. The summed E-state index contributed by atoms with van der Waals surface area (Å²) in [5, 5.41) is 12.4. The van der Waals surface area contributed by atoms with Crippen LogP contribution in [0, 0.1) is 0 Å². The molecule has 2 N–H and O–H groups in total. The lowest BCUT2D eigenvalue weighted by molar-refractivity contribution is -0.113. The number of para-hydroxylation sites is 3. The van der Waals surface area contributed by atoms with E-state index in [9.17, 15) is 4.79 Å². The van der Waals surface area contributed by atoms with Crippen LogP contribution in [-0.2, 0) is 10.5 Å². The molecule has 0 spiro atoms. The number of aromatic nitrogens is 3. The molecule has 3 aromatic carbocycles. The molecule has 10 heteroatoms. The number of nitrogens with zero attached hydrogens (tertiary/aromatic N) is 3. The van der Waals surface area contributed by atoms with Gasteiger partial charge in [0.15, 0.2) is 0 Å². The van der Waals surface area contributed by atoms with Gasteiger partial charge < -0.3 is 20.1 Å². The van der Waals surface area contributed by atoms with Crippen LogP contribution in [0.4, 0.5) is 11.6 Å². The molecule has 1 atom stereocenters. The number of allylic oxidation sites excluding steroid dienone is 1. The van der Waals surface area contributed by atoms with Crippen molar-refractivity contribution in [1.82, 2.24) is 14.8 Å². The molecule has 5 rings (SSSR count).